The maximum atomic E-state index is 11.9. The number of carbonyl (C=O) groups excluding carboxylic acids is 1. The summed E-state index contributed by atoms with van der Waals surface area (Å²) < 4.78 is 5.33. The molecule has 8 nitrogen and oxygen atoms in total. The van der Waals surface area contributed by atoms with Crippen molar-refractivity contribution in [1.29, 1.82) is 0 Å². The van der Waals surface area contributed by atoms with E-state index in [2.05, 4.69) is 25.5 Å². The van der Waals surface area contributed by atoms with Crippen molar-refractivity contribution in [2.24, 2.45) is 4.99 Å². The molecule has 0 saturated carbocycles. The molecule has 9 heteroatoms. The topological polar surface area (TPSA) is 82.1 Å². The van der Waals surface area contributed by atoms with Crippen LogP contribution in [0.4, 0.5) is 10.6 Å². The highest BCUT2D eigenvalue weighted by Gasteiger charge is 2.27. The zero-order valence-electron chi connectivity index (χ0n) is 17.7. The average molecular weight is 504 g/mol. The lowest BCUT2D eigenvalue weighted by Gasteiger charge is -2.23. The Morgan fingerprint density at radius 1 is 1.39 bits per heavy atom. The van der Waals surface area contributed by atoms with E-state index in [9.17, 15) is 4.79 Å². The van der Waals surface area contributed by atoms with Crippen LogP contribution >= 0.6 is 24.0 Å². The van der Waals surface area contributed by atoms with Gasteiger partial charge in [-0.15, -0.1) is 24.0 Å². The van der Waals surface area contributed by atoms with Gasteiger partial charge in [0.1, 0.15) is 11.4 Å². The van der Waals surface area contributed by atoms with Crippen molar-refractivity contribution in [1.82, 2.24) is 20.5 Å². The van der Waals surface area contributed by atoms with Gasteiger partial charge in [0.25, 0.3) is 0 Å². The van der Waals surface area contributed by atoms with E-state index in [1.54, 1.807) is 7.05 Å². The van der Waals surface area contributed by atoms with Crippen LogP contribution in [0.15, 0.2) is 23.2 Å². The van der Waals surface area contributed by atoms with Gasteiger partial charge in [0.15, 0.2) is 5.96 Å². The number of pyridine rings is 1. The van der Waals surface area contributed by atoms with Crippen molar-refractivity contribution in [3.63, 3.8) is 0 Å². The first-order valence-electron chi connectivity index (χ1n) is 9.26. The number of anilines is 1. The van der Waals surface area contributed by atoms with Crippen LogP contribution in [0.3, 0.4) is 0 Å². The molecule has 0 aliphatic carbocycles. The smallest absolute Gasteiger partial charge is 0.407 e. The standard InChI is InChI=1S/C19H32N6O2.HI/c1-19(2,3)27-18(26)23-15-10-11-25(13-15)17(20-4)21-12-14-8-7-9-16(22-14)24(5)6;/h7-9,15H,10-13H2,1-6H3,(H,20,21)(H,23,26);1H. The highest BCUT2D eigenvalue weighted by molar-refractivity contribution is 14.0. The van der Waals surface area contributed by atoms with Crippen LogP contribution in [0.1, 0.15) is 32.9 Å². The van der Waals surface area contributed by atoms with Crippen LogP contribution in [-0.4, -0.2) is 67.8 Å². The van der Waals surface area contributed by atoms with Gasteiger partial charge in [0.05, 0.1) is 18.3 Å². The van der Waals surface area contributed by atoms with Crippen LogP contribution in [0.5, 0.6) is 0 Å². The van der Waals surface area contributed by atoms with Crippen molar-refractivity contribution in [2.75, 3.05) is 39.1 Å². The van der Waals surface area contributed by atoms with E-state index in [4.69, 9.17) is 4.74 Å². The summed E-state index contributed by atoms with van der Waals surface area (Å²) in [6, 6.07) is 6.02. The molecule has 1 atom stereocenters. The molecule has 0 aromatic carbocycles. The Labute approximate surface area is 185 Å². The number of nitrogens with one attached hydrogen (secondary N) is 2. The van der Waals surface area contributed by atoms with Crippen molar-refractivity contribution < 1.29 is 9.53 Å². The van der Waals surface area contributed by atoms with Gasteiger partial charge in [-0.25, -0.2) is 9.78 Å². The largest absolute Gasteiger partial charge is 0.444 e. The van der Waals surface area contributed by atoms with E-state index in [1.165, 1.54) is 0 Å². The number of ether oxygens (including phenoxy) is 1. The van der Waals surface area contributed by atoms with Gasteiger partial charge in [0.2, 0.25) is 0 Å². The second-order valence-electron chi connectivity index (χ2n) is 7.86. The Hall–Kier alpha value is -1.78. The molecule has 1 aliphatic rings. The number of aromatic nitrogens is 1. The summed E-state index contributed by atoms with van der Waals surface area (Å²) in [6.07, 6.45) is 0.482. The van der Waals surface area contributed by atoms with Crippen LogP contribution in [-0.2, 0) is 11.3 Å². The van der Waals surface area contributed by atoms with E-state index in [-0.39, 0.29) is 36.1 Å². The second kappa shape index (κ2) is 10.7. The monoisotopic (exact) mass is 504 g/mol. The molecule has 2 rings (SSSR count). The molecule has 2 N–H and O–H groups in total. The number of amides is 1. The van der Waals surface area contributed by atoms with Gasteiger partial charge in [-0.3, -0.25) is 4.99 Å². The van der Waals surface area contributed by atoms with E-state index in [0.29, 0.717) is 13.1 Å². The van der Waals surface area contributed by atoms with Crippen molar-refractivity contribution in [3.05, 3.63) is 23.9 Å². The van der Waals surface area contributed by atoms with E-state index >= 15 is 0 Å². The number of hydrogen-bond donors (Lipinski definition) is 2. The first-order chi connectivity index (χ1) is 12.7. The lowest BCUT2D eigenvalue weighted by Crippen LogP contribution is -2.44. The molecular weight excluding hydrogens is 471 g/mol. The fraction of sp³-hybridized carbons (Fsp3) is 0.632. The van der Waals surface area contributed by atoms with Gasteiger partial charge >= 0.3 is 6.09 Å². The van der Waals surface area contributed by atoms with E-state index < -0.39 is 5.60 Å². The number of likely N-dealkylation sites (tertiary alicyclic amines) is 1. The zero-order chi connectivity index (χ0) is 20.0. The molecular formula is C19H33IN6O2. The van der Waals surface area contributed by atoms with Gasteiger partial charge in [-0.1, -0.05) is 6.07 Å². The molecule has 28 heavy (non-hydrogen) atoms. The molecule has 158 valence electrons. The van der Waals surface area contributed by atoms with Crippen LogP contribution in [0.25, 0.3) is 0 Å². The minimum Gasteiger partial charge on any atom is -0.444 e. The van der Waals surface area contributed by atoms with Gasteiger partial charge < -0.3 is 25.2 Å². The predicted molar refractivity (Wildman–Crippen MR) is 124 cm³/mol. The summed E-state index contributed by atoms with van der Waals surface area (Å²) in [6.45, 7) is 7.69. The quantitative estimate of drug-likeness (QED) is 0.373. The Bertz CT molecular complexity index is 675. The molecule has 1 saturated heterocycles. The molecule has 1 unspecified atom stereocenters. The SMILES string of the molecule is CN=C(NCc1cccc(N(C)C)n1)N1CCC(NC(=O)OC(C)(C)C)C1.I. The lowest BCUT2D eigenvalue weighted by molar-refractivity contribution is 0.0507. The predicted octanol–water partition coefficient (Wildman–Crippen LogP) is 2.44. The van der Waals surface area contributed by atoms with Gasteiger partial charge in [0, 0.05) is 34.2 Å². The minimum atomic E-state index is -0.492. The van der Waals surface area contributed by atoms with E-state index in [0.717, 1.165) is 30.4 Å². The highest BCUT2D eigenvalue weighted by Crippen LogP contribution is 2.12. The number of guanidine groups is 1. The molecule has 1 aromatic rings. The Morgan fingerprint density at radius 2 is 2.11 bits per heavy atom. The van der Waals surface area contributed by atoms with Crippen LogP contribution < -0.4 is 15.5 Å². The molecule has 2 heterocycles. The summed E-state index contributed by atoms with van der Waals surface area (Å²) in [5.74, 6) is 1.73. The molecule has 0 spiro atoms. The minimum absolute atomic E-state index is 0. The fourth-order valence-corrected chi connectivity index (χ4v) is 2.86. The number of halogens is 1. The summed E-state index contributed by atoms with van der Waals surface area (Å²) >= 11 is 0. The second-order valence-corrected chi connectivity index (χ2v) is 7.86. The molecule has 1 amide bonds. The lowest BCUT2D eigenvalue weighted by atomic mass is 10.2. The third kappa shape index (κ3) is 7.69. The Balaban J connectivity index is 0.00000392. The summed E-state index contributed by atoms with van der Waals surface area (Å²) in [4.78, 5) is 25.0. The number of carbonyl (C=O) groups is 1. The van der Waals surface area contributed by atoms with Gasteiger partial charge in [-0.2, -0.15) is 0 Å². The van der Waals surface area contributed by atoms with Crippen LogP contribution in [0, 0.1) is 0 Å². The summed E-state index contributed by atoms with van der Waals surface area (Å²) in [5, 5.41) is 6.29. The number of rotatable bonds is 4. The molecule has 1 fully saturated rings. The third-order valence-electron chi connectivity index (χ3n) is 4.10. The van der Waals surface area contributed by atoms with Crippen molar-refractivity contribution in [3.8, 4) is 0 Å². The molecule has 1 aliphatic heterocycles. The molecule has 1 aromatic heterocycles. The van der Waals surface area contributed by atoms with Crippen molar-refractivity contribution >= 4 is 41.8 Å². The Morgan fingerprint density at radius 3 is 2.71 bits per heavy atom. The Kier molecular flexibility index (Phi) is 9.25. The zero-order valence-corrected chi connectivity index (χ0v) is 20.0. The number of nitrogens with zero attached hydrogens (tertiary/aromatic N) is 4. The maximum Gasteiger partial charge on any atom is 0.407 e. The molecule has 0 bridgehead atoms. The van der Waals surface area contributed by atoms with Gasteiger partial charge in [-0.05, 0) is 39.3 Å². The average Bonchev–Trinajstić information content (AvgIpc) is 3.02. The maximum absolute atomic E-state index is 11.9. The third-order valence-corrected chi connectivity index (χ3v) is 4.10. The van der Waals surface area contributed by atoms with Crippen molar-refractivity contribution in [2.45, 2.75) is 45.4 Å². The highest BCUT2D eigenvalue weighted by atomic mass is 127. The van der Waals surface area contributed by atoms with E-state index in [1.807, 2.05) is 58.0 Å². The number of hydrogen-bond acceptors (Lipinski definition) is 5. The summed E-state index contributed by atoms with van der Waals surface area (Å²) in [5.41, 5.74) is 0.457. The number of alkyl carbamates (subject to hydrolysis) is 1. The first-order valence-corrected chi connectivity index (χ1v) is 9.26. The number of aliphatic imine (C=N–C) groups is 1. The first kappa shape index (κ1) is 24.3. The summed E-state index contributed by atoms with van der Waals surface area (Å²) in [7, 11) is 5.71. The van der Waals surface area contributed by atoms with Crippen LogP contribution in [0.2, 0.25) is 0 Å². The fourth-order valence-electron chi connectivity index (χ4n) is 2.86. The normalized spacial score (nSPS) is 17.0. The molecule has 0 radical (unpaired) electrons.